The molecule has 1 heterocycles. The van der Waals surface area contributed by atoms with E-state index in [1.54, 1.807) is 22.9 Å². The lowest BCUT2D eigenvalue weighted by Crippen LogP contribution is -2.24. The van der Waals surface area contributed by atoms with Gasteiger partial charge in [-0.2, -0.15) is 5.10 Å². The Morgan fingerprint density at radius 1 is 1.15 bits per heavy atom. The number of halogens is 1. The topological polar surface area (TPSA) is 72.9 Å². The van der Waals surface area contributed by atoms with Crippen molar-refractivity contribution in [3.8, 4) is 16.9 Å². The quantitative estimate of drug-likeness (QED) is 0.582. The van der Waals surface area contributed by atoms with E-state index in [0.29, 0.717) is 22.9 Å². The number of amides is 1. The van der Waals surface area contributed by atoms with E-state index in [-0.39, 0.29) is 5.91 Å². The Morgan fingerprint density at radius 2 is 1.93 bits per heavy atom. The molecule has 27 heavy (non-hydrogen) atoms. The summed E-state index contributed by atoms with van der Waals surface area (Å²) in [6.07, 6.45) is 3.25. The summed E-state index contributed by atoms with van der Waals surface area (Å²) in [6.45, 7) is 2.84. The van der Waals surface area contributed by atoms with Crippen molar-refractivity contribution in [1.29, 1.82) is 0 Å². The van der Waals surface area contributed by atoms with E-state index in [2.05, 4.69) is 17.3 Å². The number of carbonyl (C=O) groups is 1. The van der Waals surface area contributed by atoms with Crippen molar-refractivity contribution >= 4 is 23.3 Å². The Morgan fingerprint density at radius 3 is 2.63 bits per heavy atom. The van der Waals surface area contributed by atoms with Crippen LogP contribution in [-0.2, 0) is 0 Å². The van der Waals surface area contributed by atoms with Crippen molar-refractivity contribution in [3.63, 3.8) is 0 Å². The van der Waals surface area contributed by atoms with Crippen LogP contribution in [0.1, 0.15) is 36.5 Å². The molecule has 0 atom stereocenters. The number of rotatable bonds is 7. The number of nitrogens with two attached hydrogens (primary N) is 1. The number of hydrogen-bond acceptors (Lipinski definition) is 3. The van der Waals surface area contributed by atoms with Crippen LogP contribution in [0.3, 0.4) is 0 Å². The van der Waals surface area contributed by atoms with Gasteiger partial charge in [0, 0.05) is 28.8 Å². The predicted octanol–water partition coefficient (Wildman–Crippen LogP) is 4.69. The average molecular weight is 383 g/mol. The van der Waals surface area contributed by atoms with Gasteiger partial charge in [-0.1, -0.05) is 43.5 Å². The molecule has 3 aromatic rings. The van der Waals surface area contributed by atoms with E-state index in [0.717, 1.165) is 36.2 Å². The van der Waals surface area contributed by atoms with Crippen molar-refractivity contribution < 1.29 is 4.79 Å². The molecule has 3 rings (SSSR count). The molecule has 0 saturated heterocycles. The third-order valence-corrected chi connectivity index (χ3v) is 4.53. The summed E-state index contributed by atoms with van der Waals surface area (Å²) in [7, 11) is 0. The molecule has 1 amide bonds. The van der Waals surface area contributed by atoms with Gasteiger partial charge in [0.05, 0.1) is 11.4 Å². The second-order valence-electron chi connectivity index (χ2n) is 6.39. The Balaban J connectivity index is 1.75. The third-order valence-electron chi connectivity index (χ3n) is 4.30. The summed E-state index contributed by atoms with van der Waals surface area (Å²) in [5.74, 6) is 0.451. The monoisotopic (exact) mass is 382 g/mol. The van der Waals surface area contributed by atoms with Gasteiger partial charge in [0.15, 0.2) is 0 Å². The number of nitrogen functional groups attached to an aromatic ring is 1. The van der Waals surface area contributed by atoms with Gasteiger partial charge in [0.2, 0.25) is 0 Å². The van der Waals surface area contributed by atoms with E-state index in [1.165, 1.54) is 0 Å². The Hall–Kier alpha value is -2.79. The van der Waals surface area contributed by atoms with Gasteiger partial charge in [-0.25, -0.2) is 4.68 Å². The lowest BCUT2D eigenvalue weighted by Gasteiger charge is -2.07. The fourth-order valence-corrected chi connectivity index (χ4v) is 3.01. The van der Waals surface area contributed by atoms with Gasteiger partial charge in [0.25, 0.3) is 5.91 Å². The minimum absolute atomic E-state index is 0.0642. The fourth-order valence-electron chi connectivity index (χ4n) is 2.82. The maximum Gasteiger partial charge on any atom is 0.251 e. The van der Waals surface area contributed by atoms with Gasteiger partial charge in [-0.3, -0.25) is 4.79 Å². The molecule has 3 N–H and O–H groups in total. The predicted molar refractivity (Wildman–Crippen MR) is 110 cm³/mol. The maximum absolute atomic E-state index is 12.2. The fraction of sp³-hybridized carbons (Fsp3) is 0.238. The van der Waals surface area contributed by atoms with Crippen molar-refractivity contribution in [2.45, 2.75) is 26.2 Å². The number of hydrogen-bond donors (Lipinski definition) is 2. The first-order chi connectivity index (χ1) is 13.1. The highest BCUT2D eigenvalue weighted by Crippen LogP contribution is 2.25. The highest BCUT2D eigenvalue weighted by molar-refractivity contribution is 6.30. The smallest absolute Gasteiger partial charge is 0.251 e. The minimum Gasteiger partial charge on any atom is -0.384 e. The highest BCUT2D eigenvalue weighted by Gasteiger charge is 2.11. The molecular weight excluding hydrogens is 360 g/mol. The standard InChI is InChI=1S/C21H23ClN4O/c1-2-3-4-12-24-21(27)15-8-10-18(11-9-15)26-20(23)14-19(25-26)16-6-5-7-17(22)13-16/h5-11,13-14H,2-4,12,23H2,1H3,(H,24,27). The van der Waals surface area contributed by atoms with Crippen LogP contribution in [0.25, 0.3) is 16.9 Å². The van der Waals surface area contributed by atoms with E-state index in [9.17, 15) is 4.79 Å². The van der Waals surface area contributed by atoms with Gasteiger partial charge >= 0.3 is 0 Å². The van der Waals surface area contributed by atoms with Crippen LogP contribution in [0.5, 0.6) is 0 Å². The van der Waals surface area contributed by atoms with Crippen molar-refractivity contribution in [1.82, 2.24) is 15.1 Å². The number of anilines is 1. The van der Waals surface area contributed by atoms with Crippen LogP contribution >= 0.6 is 11.6 Å². The lowest BCUT2D eigenvalue weighted by molar-refractivity contribution is 0.0953. The molecule has 2 aromatic carbocycles. The van der Waals surface area contributed by atoms with E-state index in [1.807, 2.05) is 36.4 Å². The third kappa shape index (κ3) is 4.68. The second kappa shape index (κ2) is 8.73. The largest absolute Gasteiger partial charge is 0.384 e. The summed E-state index contributed by atoms with van der Waals surface area (Å²) < 4.78 is 1.65. The Labute approximate surface area is 164 Å². The molecule has 0 unspecified atom stereocenters. The SMILES string of the molecule is CCCCCNC(=O)c1ccc(-n2nc(-c3cccc(Cl)c3)cc2N)cc1. The van der Waals surface area contributed by atoms with E-state index < -0.39 is 0 Å². The minimum atomic E-state index is -0.0642. The van der Waals surface area contributed by atoms with Crippen molar-refractivity contribution in [2.75, 3.05) is 12.3 Å². The van der Waals surface area contributed by atoms with Crippen molar-refractivity contribution in [2.24, 2.45) is 0 Å². The zero-order chi connectivity index (χ0) is 19.2. The van der Waals surface area contributed by atoms with Crippen LogP contribution in [0, 0.1) is 0 Å². The van der Waals surface area contributed by atoms with Crippen LogP contribution in [-0.4, -0.2) is 22.2 Å². The average Bonchev–Trinajstić information content (AvgIpc) is 3.07. The number of benzene rings is 2. The molecule has 0 saturated carbocycles. The van der Waals surface area contributed by atoms with Crippen LogP contribution < -0.4 is 11.1 Å². The number of nitrogens with one attached hydrogen (secondary N) is 1. The molecule has 6 heteroatoms. The first kappa shape index (κ1) is 19.0. The van der Waals surface area contributed by atoms with Gasteiger partial charge in [0.1, 0.15) is 5.82 Å². The summed E-state index contributed by atoms with van der Waals surface area (Å²) in [5, 5.41) is 8.15. The molecule has 140 valence electrons. The zero-order valence-corrected chi connectivity index (χ0v) is 16.0. The normalized spacial score (nSPS) is 10.7. The number of carbonyl (C=O) groups excluding carboxylic acids is 1. The van der Waals surface area contributed by atoms with Crippen LogP contribution in [0.15, 0.2) is 54.6 Å². The van der Waals surface area contributed by atoms with E-state index >= 15 is 0 Å². The summed E-state index contributed by atoms with van der Waals surface area (Å²) in [5.41, 5.74) is 9.19. The molecule has 0 bridgehead atoms. The molecule has 0 aliphatic rings. The number of nitrogens with zero attached hydrogens (tertiary/aromatic N) is 2. The molecule has 0 aliphatic heterocycles. The van der Waals surface area contributed by atoms with E-state index in [4.69, 9.17) is 17.3 Å². The molecule has 1 aromatic heterocycles. The first-order valence-corrected chi connectivity index (χ1v) is 9.46. The maximum atomic E-state index is 12.2. The summed E-state index contributed by atoms with van der Waals surface area (Å²) in [4.78, 5) is 12.2. The highest BCUT2D eigenvalue weighted by atomic mass is 35.5. The Bertz CT molecular complexity index is 918. The van der Waals surface area contributed by atoms with Gasteiger partial charge < -0.3 is 11.1 Å². The van der Waals surface area contributed by atoms with Crippen LogP contribution in [0.2, 0.25) is 5.02 Å². The molecular formula is C21H23ClN4O. The summed E-state index contributed by atoms with van der Waals surface area (Å²) >= 11 is 6.06. The number of unbranched alkanes of at least 4 members (excludes halogenated alkanes) is 2. The van der Waals surface area contributed by atoms with Crippen molar-refractivity contribution in [3.05, 3.63) is 65.2 Å². The molecule has 0 aliphatic carbocycles. The van der Waals surface area contributed by atoms with Crippen LogP contribution in [0.4, 0.5) is 5.82 Å². The zero-order valence-electron chi connectivity index (χ0n) is 15.3. The Kier molecular flexibility index (Phi) is 6.14. The first-order valence-electron chi connectivity index (χ1n) is 9.08. The summed E-state index contributed by atoms with van der Waals surface area (Å²) in [6, 6.07) is 16.5. The van der Waals surface area contributed by atoms with Gasteiger partial charge in [-0.15, -0.1) is 0 Å². The molecule has 0 fully saturated rings. The molecule has 5 nitrogen and oxygen atoms in total. The molecule has 0 spiro atoms. The molecule has 0 radical (unpaired) electrons. The van der Waals surface area contributed by atoms with Gasteiger partial charge in [-0.05, 0) is 42.8 Å². The number of aromatic nitrogens is 2. The second-order valence-corrected chi connectivity index (χ2v) is 6.82. The lowest BCUT2D eigenvalue weighted by atomic mass is 10.1.